The fourth-order valence-corrected chi connectivity index (χ4v) is 1.08. The van der Waals surface area contributed by atoms with Gasteiger partial charge in [0.1, 0.15) is 19.0 Å². The highest BCUT2D eigenvalue weighted by molar-refractivity contribution is 5.29. The summed E-state index contributed by atoms with van der Waals surface area (Å²) in [5, 5.41) is 0. The number of halogens is 3. The Bertz CT molecular complexity index is 354. The van der Waals surface area contributed by atoms with Gasteiger partial charge in [0.2, 0.25) is 0 Å². The van der Waals surface area contributed by atoms with Crippen molar-refractivity contribution in [3.63, 3.8) is 0 Å². The fourth-order valence-electron chi connectivity index (χ4n) is 1.08. The van der Waals surface area contributed by atoms with Crippen LogP contribution in [0.5, 0.6) is 0 Å². The molecule has 0 aliphatic rings. The van der Waals surface area contributed by atoms with Crippen LogP contribution in [-0.4, -0.2) is 22.8 Å². The van der Waals surface area contributed by atoms with Crippen molar-refractivity contribution < 1.29 is 17.9 Å². The van der Waals surface area contributed by atoms with Crippen molar-refractivity contribution >= 4 is 5.82 Å². The van der Waals surface area contributed by atoms with E-state index >= 15 is 0 Å². The van der Waals surface area contributed by atoms with E-state index < -0.39 is 12.8 Å². The molecule has 0 fully saturated rings. The molecule has 0 saturated heterocycles. The largest absolute Gasteiger partial charge is 0.411 e. The molecule has 0 amide bonds. The van der Waals surface area contributed by atoms with Crippen molar-refractivity contribution in [1.29, 1.82) is 0 Å². The molecule has 90 valence electrons. The van der Waals surface area contributed by atoms with Crippen molar-refractivity contribution in [2.75, 3.05) is 12.3 Å². The molecule has 7 heteroatoms. The van der Waals surface area contributed by atoms with E-state index in [9.17, 15) is 13.2 Å². The first kappa shape index (κ1) is 12.7. The van der Waals surface area contributed by atoms with Crippen LogP contribution >= 0.6 is 0 Å². The van der Waals surface area contributed by atoms with E-state index in [2.05, 4.69) is 14.7 Å². The molecule has 0 saturated carbocycles. The van der Waals surface area contributed by atoms with Gasteiger partial charge in [0, 0.05) is 11.8 Å². The Hall–Kier alpha value is -1.37. The Morgan fingerprint density at radius 2 is 2.06 bits per heavy atom. The van der Waals surface area contributed by atoms with Crippen LogP contribution in [0.2, 0.25) is 0 Å². The van der Waals surface area contributed by atoms with Gasteiger partial charge in [-0.2, -0.15) is 13.2 Å². The molecule has 0 aromatic carbocycles. The molecule has 1 rings (SSSR count). The fraction of sp³-hybridized carbons (Fsp3) is 0.556. The molecule has 0 radical (unpaired) electrons. The lowest BCUT2D eigenvalue weighted by molar-refractivity contribution is -0.177. The van der Waals surface area contributed by atoms with Crippen LogP contribution in [0.3, 0.4) is 0 Å². The van der Waals surface area contributed by atoms with E-state index in [0.717, 1.165) is 0 Å². The van der Waals surface area contributed by atoms with E-state index in [0.29, 0.717) is 12.1 Å². The summed E-state index contributed by atoms with van der Waals surface area (Å²) < 4.78 is 39.8. The van der Waals surface area contributed by atoms with Crippen molar-refractivity contribution in [1.82, 2.24) is 9.97 Å². The third-order valence-corrected chi connectivity index (χ3v) is 1.70. The molecule has 1 aromatic heterocycles. The van der Waals surface area contributed by atoms with Gasteiger partial charge in [-0.15, -0.1) is 0 Å². The standard InChI is InChI=1S/C9H12F3N3O/c1-2-6-3-7(13)15-8(14-6)4-16-5-9(10,11)12/h3H,2,4-5H2,1H3,(H2,13,14,15). The minimum absolute atomic E-state index is 0.168. The van der Waals surface area contributed by atoms with Crippen molar-refractivity contribution in [3.05, 3.63) is 17.6 Å². The third kappa shape index (κ3) is 4.43. The van der Waals surface area contributed by atoms with E-state index in [4.69, 9.17) is 5.73 Å². The lowest BCUT2D eigenvalue weighted by Crippen LogP contribution is -2.17. The molecular weight excluding hydrogens is 223 g/mol. The third-order valence-electron chi connectivity index (χ3n) is 1.70. The van der Waals surface area contributed by atoms with Gasteiger partial charge < -0.3 is 10.5 Å². The first-order chi connectivity index (χ1) is 7.40. The zero-order valence-corrected chi connectivity index (χ0v) is 8.71. The number of ether oxygens (including phenoxy) is 1. The average Bonchev–Trinajstić information content (AvgIpc) is 2.14. The second-order valence-electron chi connectivity index (χ2n) is 3.16. The summed E-state index contributed by atoms with van der Waals surface area (Å²) in [4.78, 5) is 7.76. The quantitative estimate of drug-likeness (QED) is 0.862. The minimum atomic E-state index is -4.34. The van der Waals surface area contributed by atoms with Crippen LogP contribution in [-0.2, 0) is 17.8 Å². The van der Waals surface area contributed by atoms with E-state index in [-0.39, 0.29) is 18.2 Å². The summed E-state index contributed by atoms with van der Waals surface area (Å²) in [5.41, 5.74) is 6.14. The van der Waals surface area contributed by atoms with Gasteiger partial charge in [0.05, 0.1) is 0 Å². The summed E-state index contributed by atoms with van der Waals surface area (Å²) >= 11 is 0. The van der Waals surface area contributed by atoms with E-state index in [1.807, 2.05) is 6.92 Å². The number of hydrogen-bond acceptors (Lipinski definition) is 4. The van der Waals surface area contributed by atoms with Crippen LogP contribution in [0.15, 0.2) is 6.07 Å². The number of aromatic nitrogens is 2. The Balaban J connectivity index is 2.57. The van der Waals surface area contributed by atoms with Gasteiger partial charge in [-0.3, -0.25) is 0 Å². The molecule has 4 nitrogen and oxygen atoms in total. The van der Waals surface area contributed by atoms with Gasteiger partial charge in [-0.25, -0.2) is 9.97 Å². The molecule has 0 unspecified atom stereocenters. The zero-order chi connectivity index (χ0) is 12.2. The predicted molar refractivity (Wildman–Crippen MR) is 51.5 cm³/mol. The smallest absolute Gasteiger partial charge is 0.384 e. The Kier molecular flexibility index (Phi) is 4.05. The minimum Gasteiger partial charge on any atom is -0.384 e. The maximum atomic E-state index is 11.8. The molecule has 2 N–H and O–H groups in total. The van der Waals surface area contributed by atoms with Crippen LogP contribution in [0.4, 0.5) is 19.0 Å². The van der Waals surface area contributed by atoms with Crippen molar-refractivity contribution in [2.45, 2.75) is 26.1 Å². The SMILES string of the molecule is CCc1cc(N)nc(COCC(F)(F)F)n1. The van der Waals surface area contributed by atoms with Crippen LogP contribution in [0.1, 0.15) is 18.4 Å². The number of rotatable bonds is 4. The molecule has 0 aliphatic carbocycles. The number of alkyl halides is 3. The Morgan fingerprint density at radius 3 is 2.62 bits per heavy atom. The molecule has 0 bridgehead atoms. The molecule has 0 atom stereocenters. The first-order valence-electron chi connectivity index (χ1n) is 4.67. The highest BCUT2D eigenvalue weighted by Gasteiger charge is 2.27. The lowest BCUT2D eigenvalue weighted by atomic mass is 10.3. The maximum absolute atomic E-state index is 11.8. The molecular formula is C9H12F3N3O. The molecule has 0 aliphatic heterocycles. The highest BCUT2D eigenvalue weighted by Crippen LogP contribution is 2.15. The van der Waals surface area contributed by atoms with E-state index in [1.165, 1.54) is 0 Å². The summed E-state index contributed by atoms with van der Waals surface area (Å²) in [6.45, 7) is 0.256. The summed E-state index contributed by atoms with van der Waals surface area (Å²) in [7, 11) is 0. The topological polar surface area (TPSA) is 61.0 Å². The normalized spacial score (nSPS) is 11.8. The molecule has 1 heterocycles. The predicted octanol–water partition coefficient (Wildman–Crippen LogP) is 1.70. The Morgan fingerprint density at radius 1 is 1.38 bits per heavy atom. The molecule has 0 spiro atoms. The summed E-state index contributed by atoms with van der Waals surface area (Å²) in [5.74, 6) is 0.401. The summed E-state index contributed by atoms with van der Waals surface area (Å²) in [6, 6.07) is 1.58. The van der Waals surface area contributed by atoms with Gasteiger partial charge in [0.15, 0.2) is 5.82 Å². The van der Waals surface area contributed by atoms with Crippen LogP contribution in [0, 0.1) is 0 Å². The molecule has 16 heavy (non-hydrogen) atoms. The van der Waals surface area contributed by atoms with Gasteiger partial charge in [-0.05, 0) is 6.42 Å². The number of aryl methyl sites for hydroxylation is 1. The monoisotopic (exact) mass is 235 g/mol. The van der Waals surface area contributed by atoms with Gasteiger partial charge >= 0.3 is 6.18 Å². The van der Waals surface area contributed by atoms with Crippen LogP contribution in [0.25, 0.3) is 0 Å². The van der Waals surface area contributed by atoms with Crippen LogP contribution < -0.4 is 5.73 Å². The summed E-state index contributed by atoms with van der Waals surface area (Å²) in [6.07, 6.45) is -3.70. The number of nitrogens with zero attached hydrogens (tertiary/aromatic N) is 2. The van der Waals surface area contributed by atoms with E-state index in [1.54, 1.807) is 6.07 Å². The average molecular weight is 235 g/mol. The zero-order valence-electron chi connectivity index (χ0n) is 8.71. The number of anilines is 1. The van der Waals surface area contributed by atoms with Crippen molar-refractivity contribution in [2.24, 2.45) is 0 Å². The second kappa shape index (κ2) is 5.11. The first-order valence-corrected chi connectivity index (χ1v) is 4.67. The second-order valence-corrected chi connectivity index (χ2v) is 3.16. The van der Waals surface area contributed by atoms with Gasteiger partial charge in [-0.1, -0.05) is 6.92 Å². The lowest BCUT2D eigenvalue weighted by Gasteiger charge is -2.07. The number of hydrogen-bond donors (Lipinski definition) is 1. The maximum Gasteiger partial charge on any atom is 0.411 e. The number of nitrogens with two attached hydrogens (primary N) is 1. The molecule has 1 aromatic rings. The number of nitrogen functional groups attached to an aromatic ring is 1. The van der Waals surface area contributed by atoms with Crippen molar-refractivity contribution in [3.8, 4) is 0 Å². The Labute approximate surface area is 90.6 Å². The van der Waals surface area contributed by atoms with Gasteiger partial charge in [0.25, 0.3) is 0 Å². The highest BCUT2D eigenvalue weighted by atomic mass is 19.4.